The van der Waals surface area contributed by atoms with E-state index >= 15 is 0 Å². The van der Waals surface area contributed by atoms with Gasteiger partial charge in [0.15, 0.2) is 0 Å². The zero-order valence-electron chi connectivity index (χ0n) is 28.2. The molecule has 0 amide bonds. The summed E-state index contributed by atoms with van der Waals surface area (Å²) in [7, 11) is 0. The summed E-state index contributed by atoms with van der Waals surface area (Å²) < 4.78 is 22.2. The molecule has 0 aliphatic heterocycles. The molecule has 1 N–H and O–H groups in total. The van der Waals surface area contributed by atoms with Crippen LogP contribution in [-0.4, -0.2) is 49.6 Å². The molecule has 47 heavy (non-hydrogen) atoms. The Morgan fingerprint density at radius 1 is 0.851 bits per heavy atom. The maximum absolute atomic E-state index is 12.4. The lowest BCUT2D eigenvalue weighted by molar-refractivity contribution is -0.182. The standard InChI is InChI=1S/C37H48O9S/c1-6-42-34(38)16-18-45-33-15-12-14-27(32(33)22-35(39)43-7-2)13-10-8-9-11-17-44-31-20-28(36(40)46-41)19-30(21-31)37(4,5)23-29-25-47-24-26(29)3/h12,14-15,19-21,24-25,41H,6-11,13,16-18,22-23H2,1-5H3. The Hall–Kier alpha value is -3.89. The minimum Gasteiger partial charge on any atom is -0.494 e. The van der Waals surface area contributed by atoms with Crippen molar-refractivity contribution in [3.05, 3.63) is 80.5 Å². The topological polar surface area (TPSA) is 118 Å². The number of rotatable bonds is 20. The van der Waals surface area contributed by atoms with Gasteiger partial charge in [0.05, 0.1) is 44.8 Å². The third-order valence-electron chi connectivity index (χ3n) is 7.94. The average molecular weight is 669 g/mol. The Kier molecular flexibility index (Phi) is 15.2. The molecule has 0 aliphatic carbocycles. The molecule has 256 valence electrons. The van der Waals surface area contributed by atoms with Gasteiger partial charge in [-0.1, -0.05) is 38.8 Å². The number of aryl methyl sites for hydroxylation is 2. The highest BCUT2D eigenvalue weighted by atomic mass is 32.1. The minimum absolute atomic E-state index is 0.0984. The van der Waals surface area contributed by atoms with Gasteiger partial charge in [-0.05, 0) is 109 Å². The van der Waals surface area contributed by atoms with Crippen molar-refractivity contribution in [1.29, 1.82) is 0 Å². The van der Waals surface area contributed by atoms with E-state index in [0.29, 0.717) is 31.3 Å². The second-order valence-corrected chi connectivity index (χ2v) is 12.8. The van der Waals surface area contributed by atoms with Crippen LogP contribution in [-0.2, 0) is 48.6 Å². The Labute approximate surface area is 282 Å². The molecule has 0 aliphatic rings. The van der Waals surface area contributed by atoms with Crippen LogP contribution in [0, 0.1) is 6.92 Å². The van der Waals surface area contributed by atoms with E-state index in [1.165, 1.54) is 11.1 Å². The molecule has 0 unspecified atom stereocenters. The van der Waals surface area contributed by atoms with Crippen molar-refractivity contribution in [2.45, 2.75) is 91.4 Å². The van der Waals surface area contributed by atoms with E-state index in [0.717, 1.165) is 55.2 Å². The lowest BCUT2D eigenvalue weighted by Gasteiger charge is -2.26. The van der Waals surface area contributed by atoms with Gasteiger partial charge in [0.25, 0.3) is 0 Å². The van der Waals surface area contributed by atoms with Gasteiger partial charge in [-0.3, -0.25) is 14.5 Å². The first-order chi connectivity index (χ1) is 22.6. The quantitative estimate of drug-likeness (QED) is 0.0423. The summed E-state index contributed by atoms with van der Waals surface area (Å²) in [5, 5.41) is 13.3. The van der Waals surface area contributed by atoms with Crippen molar-refractivity contribution < 1.29 is 43.5 Å². The van der Waals surface area contributed by atoms with Crippen LogP contribution in [0.25, 0.3) is 0 Å². The molecule has 0 radical (unpaired) electrons. The summed E-state index contributed by atoms with van der Waals surface area (Å²) in [4.78, 5) is 40.4. The summed E-state index contributed by atoms with van der Waals surface area (Å²) in [6.07, 6.45) is 5.38. The first-order valence-corrected chi connectivity index (χ1v) is 17.2. The van der Waals surface area contributed by atoms with Gasteiger partial charge in [-0.25, -0.2) is 4.79 Å². The lowest BCUT2D eigenvalue weighted by atomic mass is 9.78. The SMILES string of the molecule is CCOC(=O)CCOc1cccc(CCCCCCOc2cc(C(=O)OO)cc(C(C)(C)Cc3cscc3C)c2)c1CC(=O)OCC. The monoisotopic (exact) mass is 668 g/mol. The molecule has 9 nitrogen and oxygen atoms in total. The second kappa shape index (κ2) is 19.1. The Balaban J connectivity index is 1.56. The van der Waals surface area contributed by atoms with Crippen molar-refractivity contribution >= 4 is 29.2 Å². The molecule has 2 aromatic carbocycles. The molecule has 0 bridgehead atoms. The number of hydrogen-bond donors (Lipinski definition) is 1. The molecule has 0 atom stereocenters. The fourth-order valence-corrected chi connectivity index (χ4v) is 6.22. The summed E-state index contributed by atoms with van der Waals surface area (Å²) in [6, 6.07) is 11.0. The van der Waals surface area contributed by atoms with E-state index < -0.39 is 5.97 Å². The second-order valence-electron chi connectivity index (χ2n) is 12.1. The number of ether oxygens (including phenoxy) is 4. The summed E-state index contributed by atoms with van der Waals surface area (Å²) >= 11 is 1.67. The van der Waals surface area contributed by atoms with Crippen molar-refractivity contribution in [3.63, 3.8) is 0 Å². The highest BCUT2D eigenvalue weighted by molar-refractivity contribution is 7.08. The molecule has 10 heteroatoms. The molecular formula is C37H48O9S. The number of thiophene rings is 1. The van der Waals surface area contributed by atoms with Crippen LogP contribution in [0.15, 0.2) is 47.2 Å². The van der Waals surface area contributed by atoms with E-state index in [1.54, 1.807) is 37.3 Å². The third kappa shape index (κ3) is 12.0. The van der Waals surface area contributed by atoms with E-state index in [-0.39, 0.29) is 42.4 Å². The van der Waals surface area contributed by atoms with Crippen LogP contribution in [0.3, 0.4) is 0 Å². The summed E-state index contributed by atoms with van der Waals surface area (Å²) in [5.74, 6) is -0.338. The van der Waals surface area contributed by atoms with E-state index in [1.807, 2.05) is 24.3 Å². The average Bonchev–Trinajstić information content (AvgIpc) is 3.44. The Morgan fingerprint density at radius 2 is 1.60 bits per heavy atom. The van der Waals surface area contributed by atoms with Crippen molar-refractivity contribution in [2.24, 2.45) is 0 Å². The molecule has 0 fully saturated rings. The summed E-state index contributed by atoms with van der Waals surface area (Å²) in [6.45, 7) is 11.1. The van der Waals surface area contributed by atoms with Crippen LogP contribution in [0.1, 0.15) is 98.0 Å². The van der Waals surface area contributed by atoms with E-state index in [9.17, 15) is 14.4 Å². The molecule has 3 rings (SSSR count). The largest absolute Gasteiger partial charge is 0.494 e. The first-order valence-electron chi connectivity index (χ1n) is 16.3. The number of benzene rings is 2. The fourth-order valence-electron chi connectivity index (χ4n) is 5.37. The van der Waals surface area contributed by atoms with Crippen LogP contribution >= 0.6 is 11.3 Å². The number of carbonyl (C=O) groups excluding carboxylic acids is 3. The predicted octanol–water partition coefficient (Wildman–Crippen LogP) is 7.83. The van der Waals surface area contributed by atoms with Gasteiger partial charge < -0.3 is 18.9 Å². The zero-order chi connectivity index (χ0) is 34.2. The van der Waals surface area contributed by atoms with Crippen LogP contribution in [0.4, 0.5) is 0 Å². The van der Waals surface area contributed by atoms with Crippen molar-refractivity contribution in [2.75, 3.05) is 26.4 Å². The summed E-state index contributed by atoms with van der Waals surface area (Å²) in [5.41, 5.74) is 5.18. The highest BCUT2D eigenvalue weighted by Gasteiger charge is 2.25. The molecule has 0 saturated carbocycles. The fraction of sp³-hybridized carbons (Fsp3) is 0.486. The maximum atomic E-state index is 12.4. The molecule has 0 saturated heterocycles. The Bertz CT molecular complexity index is 1460. The van der Waals surface area contributed by atoms with Crippen molar-refractivity contribution in [1.82, 2.24) is 0 Å². The number of esters is 2. The zero-order valence-corrected chi connectivity index (χ0v) is 29.0. The molecule has 1 heterocycles. The lowest BCUT2D eigenvalue weighted by Crippen LogP contribution is -2.21. The number of unbranched alkanes of at least 4 members (excludes halogenated alkanes) is 3. The normalized spacial score (nSPS) is 11.2. The van der Waals surface area contributed by atoms with E-state index in [2.05, 4.69) is 36.4 Å². The molecule has 0 spiro atoms. The number of carbonyl (C=O) groups is 3. The molecule has 1 aromatic heterocycles. The van der Waals surface area contributed by atoms with Crippen LogP contribution in [0.5, 0.6) is 11.5 Å². The van der Waals surface area contributed by atoms with E-state index in [4.69, 9.17) is 24.2 Å². The van der Waals surface area contributed by atoms with Gasteiger partial charge in [-0.2, -0.15) is 16.6 Å². The maximum Gasteiger partial charge on any atom is 0.372 e. The van der Waals surface area contributed by atoms with Gasteiger partial charge in [-0.15, -0.1) is 0 Å². The Morgan fingerprint density at radius 3 is 2.30 bits per heavy atom. The van der Waals surface area contributed by atoms with Gasteiger partial charge in [0.2, 0.25) is 0 Å². The predicted molar refractivity (Wildman–Crippen MR) is 181 cm³/mol. The van der Waals surface area contributed by atoms with Crippen molar-refractivity contribution in [3.8, 4) is 11.5 Å². The van der Waals surface area contributed by atoms with Gasteiger partial charge in [0.1, 0.15) is 11.5 Å². The third-order valence-corrected chi connectivity index (χ3v) is 8.85. The minimum atomic E-state index is -0.824. The van der Waals surface area contributed by atoms with Crippen LogP contribution in [0.2, 0.25) is 0 Å². The van der Waals surface area contributed by atoms with Gasteiger partial charge >= 0.3 is 17.9 Å². The number of hydrogen-bond acceptors (Lipinski definition) is 10. The molecule has 3 aromatic rings. The highest BCUT2D eigenvalue weighted by Crippen LogP contribution is 2.33. The van der Waals surface area contributed by atoms with Gasteiger partial charge in [0, 0.05) is 5.56 Å². The smallest absolute Gasteiger partial charge is 0.372 e. The first kappa shape index (κ1) is 37.6. The van der Waals surface area contributed by atoms with Crippen LogP contribution < -0.4 is 9.47 Å². The molecular weight excluding hydrogens is 620 g/mol.